The Labute approximate surface area is 174 Å². The maximum Gasteiger partial charge on any atom is 0.268 e. The molecule has 1 atom stereocenters. The average Bonchev–Trinajstić information content (AvgIpc) is 3.45. The Morgan fingerprint density at radius 2 is 2.03 bits per heavy atom. The number of benzene rings is 1. The van der Waals surface area contributed by atoms with Gasteiger partial charge in [0.1, 0.15) is 10.6 Å². The number of fused-ring (bicyclic) bond motifs is 1. The summed E-state index contributed by atoms with van der Waals surface area (Å²) in [6, 6.07) is 12.8. The molecule has 1 amide bonds. The van der Waals surface area contributed by atoms with Crippen LogP contribution in [-0.4, -0.2) is 25.4 Å². The Hall–Kier alpha value is -2.58. The van der Waals surface area contributed by atoms with Crippen molar-refractivity contribution in [3.63, 3.8) is 0 Å². The van der Waals surface area contributed by atoms with Crippen LogP contribution in [0.1, 0.15) is 40.3 Å². The molecule has 3 aromatic rings. The van der Waals surface area contributed by atoms with Gasteiger partial charge in [-0.1, -0.05) is 31.2 Å². The van der Waals surface area contributed by atoms with Gasteiger partial charge in [-0.3, -0.25) is 9.10 Å². The first-order chi connectivity index (χ1) is 13.9. The molecule has 4 rings (SSSR count). The largest absolute Gasteiger partial charge is 0.345 e. The number of carbonyl (C=O) groups excluding carboxylic acids is 1. The number of hydrogen-bond donors (Lipinski definition) is 1. The van der Waals surface area contributed by atoms with Crippen LogP contribution < -0.4 is 9.62 Å². The highest BCUT2D eigenvalue weighted by Gasteiger charge is 2.32. The number of hydrogen-bond acceptors (Lipinski definition) is 4. The van der Waals surface area contributed by atoms with Gasteiger partial charge in [-0.05, 0) is 42.0 Å². The summed E-state index contributed by atoms with van der Waals surface area (Å²) in [5.74, 6) is -0.281. The topological polar surface area (TPSA) is 71.4 Å². The summed E-state index contributed by atoms with van der Waals surface area (Å²) in [5.41, 5.74) is 2.06. The van der Waals surface area contributed by atoms with Gasteiger partial charge >= 0.3 is 0 Å². The van der Waals surface area contributed by atoms with E-state index >= 15 is 0 Å². The van der Waals surface area contributed by atoms with Gasteiger partial charge in [-0.15, -0.1) is 11.3 Å². The predicted octanol–water partition coefficient (Wildman–Crippen LogP) is 3.72. The number of rotatable bonds is 6. The number of nitrogens with zero attached hydrogens (tertiary/aromatic N) is 2. The van der Waals surface area contributed by atoms with E-state index in [4.69, 9.17) is 0 Å². The first-order valence-corrected chi connectivity index (χ1v) is 11.8. The van der Waals surface area contributed by atoms with Crippen LogP contribution >= 0.6 is 11.3 Å². The van der Waals surface area contributed by atoms with Crippen LogP contribution in [0, 0.1) is 0 Å². The molecule has 0 spiro atoms. The SMILES string of the molecule is CC[C@@H](NC(=O)c1cc(S(=O)(=O)N2CCc3ccccc32)cn1C)c1cccs1. The van der Waals surface area contributed by atoms with Gasteiger partial charge in [0, 0.05) is 24.7 Å². The molecule has 1 aromatic carbocycles. The van der Waals surface area contributed by atoms with Crippen LogP contribution in [0.25, 0.3) is 0 Å². The second kappa shape index (κ2) is 7.68. The van der Waals surface area contributed by atoms with Crippen molar-refractivity contribution in [2.24, 2.45) is 7.05 Å². The van der Waals surface area contributed by atoms with E-state index in [-0.39, 0.29) is 16.8 Å². The van der Waals surface area contributed by atoms with E-state index in [1.807, 2.05) is 48.7 Å². The zero-order valence-electron chi connectivity index (χ0n) is 16.3. The lowest BCUT2D eigenvalue weighted by atomic mass is 10.2. The zero-order valence-corrected chi connectivity index (χ0v) is 18.0. The van der Waals surface area contributed by atoms with Crippen LogP contribution in [-0.2, 0) is 23.5 Å². The third kappa shape index (κ3) is 3.58. The molecule has 0 fully saturated rings. The van der Waals surface area contributed by atoms with Gasteiger partial charge < -0.3 is 9.88 Å². The Bertz CT molecular complexity index is 1130. The smallest absolute Gasteiger partial charge is 0.268 e. The Morgan fingerprint density at radius 1 is 1.24 bits per heavy atom. The number of carbonyl (C=O) groups is 1. The van der Waals surface area contributed by atoms with E-state index in [9.17, 15) is 13.2 Å². The first-order valence-electron chi connectivity index (χ1n) is 9.53. The van der Waals surface area contributed by atoms with Crippen molar-refractivity contribution in [2.75, 3.05) is 10.8 Å². The molecule has 0 bridgehead atoms. The summed E-state index contributed by atoms with van der Waals surface area (Å²) in [6.45, 7) is 2.42. The molecule has 1 N–H and O–H groups in total. The fourth-order valence-corrected chi connectivity index (χ4v) is 6.12. The highest BCUT2D eigenvalue weighted by molar-refractivity contribution is 7.92. The Balaban J connectivity index is 1.60. The molecule has 152 valence electrons. The molecule has 0 unspecified atom stereocenters. The number of anilines is 1. The normalized spacial score (nSPS) is 14.6. The molecule has 0 saturated heterocycles. The van der Waals surface area contributed by atoms with E-state index < -0.39 is 10.0 Å². The molecule has 29 heavy (non-hydrogen) atoms. The van der Waals surface area contributed by atoms with Crippen molar-refractivity contribution in [3.8, 4) is 0 Å². The minimum absolute atomic E-state index is 0.0945. The predicted molar refractivity (Wildman–Crippen MR) is 115 cm³/mol. The van der Waals surface area contributed by atoms with Crippen LogP contribution in [0.2, 0.25) is 0 Å². The summed E-state index contributed by atoms with van der Waals surface area (Å²) in [4.78, 5) is 14.1. The lowest BCUT2D eigenvalue weighted by Crippen LogP contribution is -2.29. The number of para-hydroxylation sites is 1. The second-order valence-electron chi connectivity index (χ2n) is 7.08. The maximum atomic E-state index is 13.2. The fourth-order valence-electron chi connectivity index (χ4n) is 3.68. The van der Waals surface area contributed by atoms with Crippen molar-refractivity contribution in [2.45, 2.75) is 30.7 Å². The zero-order chi connectivity index (χ0) is 20.6. The Morgan fingerprint density at radius 3 is 2.76 bits per heavy atom. The second-order valence-corrected chi connectivity index (χ2v) is 9.92. The molecule has 3 heterocycles. The van der Waals surface area contributed by atoms with E-state index in [0.717, 1.165) is 16.9 Å². The van der Waals surface area contributed by atoms with Crippen molar-refractivity contribution in [3.05, 3.63) is 70.2 Å². The molecule has 0 saturated carbocycles. The molecule has 1 aliphatic rings. The summed E-state index contributed by atoms with van der Waals surface area (Å²) >= 11 is 1.59. The van der Waals surface area contributed by atoms with Gasteiger partial charge in [-0.25, -0.2) is 8.42 Å². The molecular weight excluding hydrogens is 406 g/mol. The minimum Gasteiger partial charge on any atom is -0.345 e. The van der Waals surface area contributed by atoms with E-state index in [2.05, 4.69) is 5.32 Å². The molecule has 8 heteroatoms. The van der Waals surface area contributed by atoms with Crippen LogP contribution in [0.5, 0.6) is 0 Å². The quantitative estimate of drug-likeness (QED) is 0.649. The molecule has 0 aliphatic carbocycles. The van der Waals surface area contributed by atoms with Crippen molar-refractivity contribution in [1.29, 1.82) is 0 Å². The van der Waals surface area contributed by atoms with Gasteiger partial charge in [0.2, 0.25) is 0 Å². The first kappa shape index (κ1) is 19.7. The summed E-state index contributed by atoms with van der Waals surface area (Å²) in [5, 5.41) is 5.00. The van der Waals surface area contributed by atoms with Gasteiger partial charge in [0.25, 0.3) is 15.9 Å². The third-order valence-electron chi connectivity index (χ3n) is 5.25. The van der Waals surface area contributed by atoms with Crippen molar-refractivity contribution < 1.29 is 13.2 Å². The minimum atomic E-state index is -3.73. The van der Waals surface area contributed by atoms with Crippen LogP contribution in [0.15, 0.2) is 58.9 Å². The molecule has 6 nitrogen and oxygen atoms in total. The summed E-state index contributed by atoms with van der Waals surface area (Å²) in [7, 11) is -2.04. The van der Waals surface area contributed by atoms with Gasteiger partial charge in [0.15, 0.2) is 0 Å². The number of thiophene rings is 1. The Kier molecular flexibility index (Phi) is 5.23. The maximum absolute atomic E-state index is 13.2. The number of amides is 1. The number of nitrogens with one attached hydrogen (secondary N) is 1. The monoisotopic (exact) mass is 429 g/mol. The molecule has 1 aliphatic heterocycles. The van der Waals surface area contributed by atoms with E-state index in [1.54, 1.807) is 23.0 Å². The lowest BCUT2D eigenvalue weighted by Gasteiger charge is -2.18. The fraction of sp³-hybridized carbons (Fsp3) is 0.286. The highest BCUT2D eigenvalue weighted by Crippen LogP contribution is 2.33. The summed E-state index contributed by atoms with van der Waals surface area (Å²) in [6.07, 6.45) is 2.96. The third-order valence-corrected chi connectivity index (χ3v) is 8.01. The lowest BCUT2D eigenvalue weighted by molar-refractivity contribution is 0.0928. The van der Waals surface area contributed by atoms with Gasteiger partial charge in [-0.2, -0.15) is 0 Å². The van der Waals surface area contributed by atoms with E-state index in [0.29, 0.717) is 24.3 Å². The highest BCUT2D eigenvalue weighted by atomic mass is 32.2. The van der Waals surface area contributed by atoms with Crippen molar-refractivity contribution >= 4 is 33.0 Å². The number of sulfonamides is 1. The summed E-state index contributed by atoms with van der Waals surface area (Å²) < 4.78 is 29.5. The number of aromatic nitrogens is 1. The molecular formula is C21H23N3O3S2. The average molecular weight is 430 g/mol. The van der Waals surface area contributed by atoms with Crippen LogP contribution in [0.3, 0.4) is 0 Å². The molecule has 0 radical (unpaired) electrons. The van der Waals surface area contributed by atoms with Crippen LogP contribution in [0.4, 0.5) is 5.69 Å². The van der Waals surface area contributed by atoms with E-state index in [1.165, 1.54) is 16.6 Å². The number of aryl methyl sites for hydroxylation is 1. The van der Waals surface area contributed by atoms with Gasteiger partial charge in [0.05, 0.1) is 11.7 Å². The standard InChI is InChI=1S/C21H23N3O3S2/c1-3-17(20-9-6-12-28-20)22-21(25)19-13-16(14-23(19)2)29(26,27)24-11-10-15-7-4-5-8-18(15)24/h4-9,12-14,17H,3,10-11H2,1-2H3,(H,22,25)/t17-/m1/s1. The van der Waals surface area contributed by atoms with Crippen molar-refractivity contribution in [1.82, 2.24) is 9.88 Å². The molecule has 2 aromatic heterocycles.